The number of carbonyl (C=O) groups is 1. The van der Waals surface area contributed by atoms with Gasteiger partial charge in [-0.25, -0.2) is 8.78 Å². The van der Waals surface area contributed by atoms with Gasteiger partial charge in [-0.1, -0.05) is 27.5 Å². The van der Waals surface area contributed by atoms with E-state index in [9.17, 15) is 13.6 Å². The Morgan fingerprint density at radius 2 is 2.25 bits per heavy atom. The summed E-state index contributed by atoms with van der Waals surface area (Å²) in [6.07, 6.45) is -2.19. The Morgan fingerprint density at radius 1 is 1.62 bits per heavy atom. The van der Waals surface area contributed by atoms with Crippen LogP contribution in [0.5, 0.6) is 0 Å². The van der Waals surface area contributed by atoms with E-state index in [1.54, 1.807) is 0 Å². The third-order valence-electron chi connectivity index (χ3n) is 1.89. The molecule has 0 spiro atoms. The second-order valence-electron chi connectivity index (χ2n) is 2.97. The number of nitrogens with zero attached hydrogens (tertiary/aromatic N) is 1. The highest BCUT2D eigenvalue weighted by atomic mass is 79.9. The average Bonchev–Trinajstić information content (AvgIpc) is 2.19. The molecule has 0 aliphatic heterocycles. The number of carboxylic acid groups (broad SMARTS) is 1. The summed E-state index contributed by atoms with van der Waals surface area (Å²) in [5.41, 5.74) is -0.208. The van der Waals surface area contributed by atoms with Crippen LogP contribution >= 0.6 is 27.5 Å². The molecule has 0 bridgehead atoms. The number of pyridine rings is 1. The lowest BCUT2D eigenvalue weighted by atomic mass is 10.1. The fourth-order valence-corrected chi connectivity index (χ4v) is 2.05. The van der Waals surface area contributed by atoms with Crippen molar-refractivity contribution in [3.05, 3.63) is 28.0 Å². The van der Waals surface area contributed by atoms with E-state index in [0.717, 1.165) is 0 Å². The molecule has 0 radical (unpaired) electrons. The Morgan fingerprint density at radius 3 is 2.69 bits per heavy atom. The lowest BCUT2D eigenvalue weighted by Crippen LogP contribution is -2.08. The van der Waals surface area contributed by atoms with Crippen LogP contribution in [0.4, 0.5) is 8.78 Å². The topological polar surface area (TPSA) is 50.2 Å². The number of rotatable bonds is 4. The largest absolute Gasteiger partial charge is 0.481 e. The van der Waals surface area contributed by atoms with Crippen LogP contribution in [0.15, 0.2) is 6.20 Å². The Bertz CT molecular complexity index is 415. The Labute approximate surface area is 104 Å². The van der Waals surface area contributed by atoms with Gasteiger partial charge < -0.3 is 5.11 Å². The fraction of sp³-hybridized carbons (Fsp3) is 0.333. The minimum absolute atomic E-state index is 0.0320. The van der Waals surface area contributed by atoms with Gasteiger partial charge in [0.15, 0.2) is 0 Å². The van der Waals surface area contributed by atoms with Crippen molar-refractivity contribution in [1.82, 2.24) is 4.98 Å². The van der Waals surface area contributed by atoms with E-state index >= 15 is 0 Å². The zero-order valence-electron chi connectivity index (χ0n) is 7.88. The second kappa shape index (κ2) is 5.54. The number of hydrogen-bond acceptors (Lipinski definition) is 2. The van der Waals surface area contributed by atoms with E-state index in [0.29, 0.717) is 10.9 Å². The summed E-state index contributed by atoms with van der Waals surface area (Å²) >= 11 is 8.95. The zero-order valence-corrected chi connectivity index (χ0v) is 10.2. The molecule has 88 valence electrons. The molecule has 1 aromatic rings. The van der Waals surface area contributed by atoms with Crippen LogP contribution < -0.4 is 0 Å². The molecule has 0 aromatic carbocycles. The molecule has 0 unspecified atom stereocenters. The summed E-state index contributed by atoms with van der Waals surface area (Å²) in [7, 11) is 0. The molecule has 0 aliphatic carbocycles. The van der Waals surface area contributed by atoms with Gasteiger partial charge in [0.05, 0.1) is 11.4 Å². The smallest absolute Gasteiger partial charge is 0.307 e. The molecule has 1 N–H and O–H groups in total. The van der Waals surface area contributed by atoms with Gasteiger partial charge in [0.2, 0.25) is 0 Å². The van der Waals surface area contributed by atoms with E-state index in [1.165, 1.54) is 6.20 Å². The van der Waals surface area contributed by atoms with Gasteiger partial charge in [-0.2, -0.15) is 0 Å². The van der Waals surface area contributed by atoms with Gasteiger partial charge in [-0.3, -0.25) is 9.78 Å². The molecular weight excluding hydrogens is 307 g/mol. The van der Waals surface area contributed by atoms with Crippen molar-refractivity contribution in [1.29, 1.82) is 0 Å². The second-order valence-corrected chi connectivity index (χ2v) is 3.90. The Balaban J connectivity index is 3.30. The standard InChI is InChI=1S/C9H7BrClF2NO2/c10-2-4-3-14-8(9(12)13)5(7(4)11)1-6(15)16/h3,9H,1-2H2,(H,15,16). The van der Waals surface area contributed by atoms with Gasteiger partial charge in [-0.15, -0.1) is 0 Å². The average molecular weight is 315 g/mol. The SMILES string of the molecule is O=C(O)Cc1c(C(F)F)ncc(CBr)c1Cl. The molecular formula is C9H7BrClF2NO2. The summed E-state index contributed by atoms with van der Waals surface area (Å²) in [5.74, 6) is -1.22. The molecule has 0 aliphatic rings. The van der Waals surface area contributed by atoms with Crippen molar-refractivity contribution in [3.8, 4) is 0 Å². The first kappa shape index (κ1) is 13.3. The van der Waals surface area contributed by atoms with Gasteiger partial charge >= 0.3 is 5.97 Å². The zero-order chi connectivity index (χ0) is 12.3. The maximum absolute atomic E-state index is 12.6. The van der Waals surface area contributed by atoms with Crippen molar-refractivity contribution in [2.75, 3.05) is 0 Å². The fourth-order valence-electron chi connectivity index (χ4n) is 1.19. The number of alkyl halides is 3. The van der Waals surface area contributed by atoms with Crippen LogP contribution in [0.25, 0.3) is 0 Å². The van der Waals surface area contributed by atoms with Crippen molar-refractivity contribution >= 4 is 33.5 Å². The Kier molecular flexibility index (Phi) is 4.61. The molecule has 3 nitrogen and oxygen atoms in total. The number of aromatic nitrogens is 1. The third kappa shape index (κ3) is 2.89. The lowest BCUT2D eigenvalue weighted by Gasteiger charge is -2.10. The van der Waals surface area contributed by atoms with E-state index in [2.05, 4.69) is 20.9 Å². The first-order chi connectivity index (χ1) is 7.47. The first-order valence-electron chi connectivity index (χ1n) is 4.19. The van der Waals surface area contributed by atoms with Crippen LogP contribution in [0.2, 0.25) is 5.02 Å². The number of carboxylic acids is 1. The van der Waals surface area contributed by atoms with Crippen LogP contribution in [-0.4, -0.2) is 16.1 Å². The normalized spacial score (nSPS) is 10.8. The highest BCUT2D eigenvalue weighted by Gasteiger charge is 2.21. The highest BCUT2D eigenvalue weighted by Crippen LogP contribution is 2.30. The van der Waals surface area contributed by atoms with Gasteiger partial charge in [0.1, 0.15) is 5.69 Å². The summed E-state index contributed by atoms with van der Waals surface area (Å²) in [4.78, 5) is 14.1. The van der Waals surface area contributed by atoms with E-state index in [4.69, 9.17) is 16.7 Å². The molecule has 1 rings (SSSR count). The van der Waals surface area contributed by atoms with Crippen molar-refractivity contribution < 1.29 is 18.7 Å². The Hall–Kier alpha value is -0.750. The summed E-state index contributed by atoms with van der Waals surface area (Å²) in [6.45, 7) is 0. The van der Waals surface area contributed by atoms with Crippen molar-refractivity contribution in [3.63, 3.8) is 0 Å². The van der Waals surface area contributed by atoms with E-state index in [-0.39, 0.29) is 10.6 Å². The number of aliphatic carboxylic acids is 1. The molecule has 16 heavy (non-hydrogen) atoms. The highest BCUT2D eigenvalue weighted by molar-refractivity contribution is 9.08. The van der Waals surface area contributed by atoms with E-state index in [1.807, 2.05) is 0 Å². The predicted octanol–water partition coefficient (Wildman–Crippen LogP) is 3.19. The molecule has 0 saturated heterocycles. The van der Waals surface area contributed by atoms with Crippen LogP contribution in [0.3, 0.4) is 0 Å². The maximum atomic E-state index is 12.6. The molecule has 1 aromatic heterocycles. The summed E-state index contributed by atoms with van der Waals surface area (Å²) < 4.78 is 25.1. The third-order valence-corrected chi connectivity index (χ3v) is 2.97. The number of halogens is 4. The first-order valence-corrected chi connectivity index (χ1v) is 5.69. The molecule has 0 saturated carbocycles. The predicted molar refractivity (Wildman–Crippen MR) is 58.2 cm³/mol. The van der Waals surface area contributed by atoms with Gasteiger partial charge in [0, 0.05) is 17.1 Å². The molecule has 0 amide bonds. The van der Waals surface area contributed by atoms with Crippen LogP contribution in [0.1, 0.15) is 23.2 Å². The summed E-state index contributed by atoms with van der Waals surface area (Å²) in [6, 6.07) is 0. The maximum Gasteiger partial charge on any atom is 0.307 e. The monoisotopic (exact) mass is 313 g/mol. The van der Waals surface area contributed by atoms with Crippen molar-refractivity contribution in [2.45, 2.75) is 18.2 Å². The van der Waals surface area contributed by atoms with E-state index < -0.39 is 24.5 Å². The minimum Gasteiger partial charge on any atom is -0.481 e. The summed E-state index contributed by atoms with van der Waals surface area (Å²) in [5, 5.41) is 8.98. The van der Waals surface area contributed by atoms with Crippen LogP contribution in [-0.2, 0) is 16.5 Å². The molecule has 0 atom stereocenters. The van der Waals surface area contributed by atoms with Gasteiger partial charge in [0.25, 0.3) is 6.43 Å². The quantitative estimate of drug-likeness (QED) is 0.868. The van der Waals surface area contributed by atoms with Crippen molar-refractivity contribution in [2.24, 2.45) is 0 Å². The molecule has 1 heterocycles. The minimum atomic E-state index is -2.84. The molecule has 0 fully saturated rings. The van der Waals surface area contributed by atoms with Crippen LogP contribution in [0, 0.1) is 0 Å². The lowest BCUT2D eigenvalue weighted by molar-refractivity contribution is -0.136. The van der Waals surface area contributed by atoms with Gasteiger partial charge in [-0.05, 0) is 5.56 Å². The number of hydrogen-bond donors (Lipinski definition) is 1. The molecule has 7 heteroatoms.